The third-order valence-corrected chi connectivity index (χ3v) is 1.84. The average molecular weight is 192 g/mol. The summed E-state index contributed by atoms with van der Waals surface area (Å²) < 4.78 is 0. The van der Waals surface area contributed by atoms with Crippen molar-refractivity contribution in [1.82, 2.24) is 4.90 Å². The summed E-state index contributed by atoms with van der Waals surface area (Å²) in [6, 6.07) is 9.86. The van der Waals surface area contributed by atoms with Crippen LogP contribution in [0.2, 0.25) is 0 Å². The summed E-state index contributed by atoms with van der Waals surface area (Å²) in [6.07, 6.45) is 0. The molecular weight excluding hydrogens is 176 g/mol. The lowest BCUT2D eigenvalue weighted by atomic mass is 10.3. The smallest absolute Gasteiger partial charge is 0.213 e. The predicted molar refractivity (Wildman–Crippen MR) is 60.2 cm³/mol. The lowest BCUT2D eigenvalue weighted by molar-refractivity contribution is 0.608. The van der Waals surface area contributed by atoms with Gasteiger partial charge in [-0.1, -0.05) is 18.2 Å². The number of nitrogens with two attached hydrogens (primary N) is 1. The molecule has 0 atom stereocenters. The van der Waals surface area contributed by atoms with E-state index in [4.69, 9.17) is 5.73 Å². The van der Waals surface area contributed by atoms with Crippen LogP contribution in [0.25, 0.3) is 0 Å². The molecule has 2 N–H and O–H groups in total. The minimum atomic E-state index is 0.483. The zero-order valence-electron chi connectivity index (χ0n) is 8.81. The Morgan fingerprint density at radius 2 is 1.71 bits per heavy atom. The zero-order chi connectivity index (χ0) is 10.6. The van der Waals surface area contributed by atoms with E-state index in [2.05, 4.69) is 5.10 Å². The molecule has 0 saturated carbocycles. The molecule has 76 valence electrons. The van der Waals surface area contributed by atoms with Gasteiger partial charge >= 0.3 is 0 Å². The molecule has 4 heteroatoms. The Morgan fingerprint density at radius 1 is 1.14 bits per heavy atom. The Kier molecular flexibility index (Phi) is 3.34. The maximum atomic E-state index is 5.69. The highest BCUT2D eigenvalue weighted by Gasteiger charge is 1.99. The highest BCUT2D eigenvalue weighted by atomic mass is 15.5. The predicted octanol–water partition coefficient (Wildman–Crippen LogP) is 0.914. The molecule has 0 aliphatic heterocycles. The third kappa shape index (κ3) is 2.65. The summed E-state index contributed by atoms with van der Waals surface area (Å²) in [5, 5.41) is 5.95. The summed E-state index contributed by atoms with van der Waals surface area (Å²) in [6.45, 7) is 0. The van der Waals surface area contributed by atoms with Crippen LogP contribution in [0, 0.1) is 0 Å². The molecule has 0 heterocycles. The van der Waals surface area contributed by atoms with Gasteiger partial charge in [-0.15, -0.1) is 5.10 Å². The van der Waals surface area contributed by atoms with Crippen LogP contribution in [0.3, 0.4) is 0 Å². The summed E-state index contributed by atoms with van der Waals surface area (Å²) >= 11 is 0. The van der Waals surface area contributed by atoms with Crippen LogP contribution in [-0.2, 0) is 0 Å². The fourth-order valence-electron chi connectivity index (χ4n) is 0.945. The summed E-state index contributed by atoms with van der Waals surface area (Å²) in [5.41, 5.74) is 6.70. The van der Waals surface area contributed by atoms with Crippen molar-refractivity contribution in [2.45, 2.75) is 0 Å². The molecule has 0 saturated heterocycles. The van der Waals surface area contributed by atoms with Crippen molar-refractivity contribution in [3.05, 3.63) is 30.3 Å². The number of para-hydroxylation sites is 1. The number of nitrogens with zero attached hydrogens (tertiary/aromatic N) is 3. The van der Waals surface area contributed by atoms with Gasteiger partial charge in [0.15, 0.2) is 0 Å². The van der Waals surface area contributed by atoms with Crippen LogP contribution < -0.4 is 10.7 Å². The Morgan fingerprint density at radius 3 is 2.21 bits per heavy atom. The van der Waals surface area contributed by atoms with Crippen LogP contribution in [0.15, 0.2) is 35.4 Å². The average Bonchev–Trinajstić information content (AvgIpc) is 2.19. The van der Waals surface area contributed by atoms with E-state index in [9.17, 15) is 0 Å². The molecule has 4 nitrogen and oxygen atoms in total. The second-order valence-electron chi connectivity index (χ2n) is 3.21. The van der Waals surface area contributed by atoms with Gasteiger partial charge in [0.05, 0.1) is 5.69 Å². The molecule has 0 unspecified atom stereocenters. The number of rotatable bonds is 2. The molecule has 1 aromatic rings. The fourth-order valence-corrected chi connectivity index (χ4v) is 0.945. The van der Waals surface area contributed by atoms with Gasteiger partial charge < -0.3 is 10.6 Å². The van der Waals surface area contributed by atoms with Crippen molar-refractivity contribution in [3.8, 4) is 0 Å². The SMILES string of the molecule is CN(C)/C(N)=N/N(C)c1ccccc1. The summed E-state index contributed by atoms with van der Waals surface area (Å²) in [7, 11) is 5.58. The lowest BCUT2D eigenvalue weighted by Crippen LogP contribution is -2.33. The minimum Gasteiger partial charge on any atom is -0.368 e. The van der Waals surface area contributed by atoms with E-state index in [1.165, 1.54) is 0 Å². The molecule has 0 radical (unpaired) electrons. The second-order valence-corrected chi connectivity index (χ2v) is 3.21. The molecule has 0 fully saturated rings. The van der Waals surface area contributed by atoms with E-state index < -0.39 is 0 Å². The Labute approximate surface area is 84.6 Å². The van der Waals surface area contributed by atoms with Crippen LogP contribution in [0.5, 0.6) is 0 Å². The fraction of sp³-hybridized carbons (Fsp3) is 0.300. The van der Waals surface area contributed by atoms with E-state index >= 15 is 0 Å². The van der Waals surface area contributed by atoms with E-state index in [0.717, 1.165) is 5.69 Å². The van der Waals surface area contributed by atoms with E-state index in [1.807, 2.05) is 51.5 Å². The highest BCUT2D eigenvalue weighted by Crippen LogP contribution is 2.10. The van der Waals surface area contributed by atoms with Gasteiger partial charge in [-0.05, 0) is 12.1 Å². The molecule has 0 aliphatic carbocycles. The van der Waals surface area contributed by atoms with E-state index in [1.54, 1.807) is 9.91 Å². The summed E-state index contributed by atoms with van der Waals surface area (Å²) in [5.74, 6) is 0.483. The number of guanidine groups is 1. The van der Waals surface area contributed by atoms with E-state index in [0.29, 0.717) is 5.96 Å². The number of anilines is 1. The zero-order valence-corrected chi connectivity index (χ0v) is 8.81. The summed E-state index contributed by atoms with van der Waals surface area (Å²) in [4.78, 5) is 1.76. The first-order valence-electron chi connectivity index (χ1n) is 4.41. The number of benzene rings is 1. The Bertz CT molecular complexity index is 305. The van der Waals surface area contributed by atoms with Crippen LogP contribution in [0.1, 0.15) is 0 Å². The van der Waals surface area contributed by atoms with Gasteiger partial charge in [0.25, 0.3) is 0 Å². The Balaban J connectivity index is 2.77. The van der Waals surface area contributed by atoms with Gasteiger partial charge in [0.1, 0.15) is 0 Å². The first-order valence-corrected chi connectivity index (χ1v) is 4.41. The quantitative estimate of drug-likeness (QED) is 0.430. The lowest BCUT2D eigenvalue weighted by Gasteiger charge is -2.17. The Hall–Kier alpha value is -1.71. The first-order chi connectivity index (χ1) is 6.61. The molecular formula is C10H16N4. The molecule has 0 amide bonds. The van der Waals surface area contributed by atoms with E-state index in [-0.39, 0.29) is 0 Å². The topological polar surface area (TPSA) is 44.9 Å². The molecule has 0 bridgehead atoms. The van der Waals surface area contributed by atoms with Crippen molar-refractivity contribution in [1.29, 1.82) is 0 Å². The minimum absolute atomic E-state index is 0.483. The first kappa shape index (κ1) is 10.4. The van der Waals surface area contributed by atoms with Crippen molar-refractivity contribution in [2.75, 3.05) is 26.2 Å². The number of hydrazone groups is 1. The standard InChI is InChI=1S/C10H16N4/c1-13(2)10(11)12-14(3)9-7-5-4-6-8-9/h4-8H,1-3H3,(H2,11,12). The largest absolute Gasteiger partial charge is 0.368 e. The number of hydrogen-bond donors (Lipinski definition) is 1. The van der Waals surface area contributed by atoms with Gasteiger partial charge in [-0.2, -0.15) is 0 Å². The van der Waals surface area contributed by atoms with Gasteiger partial charge in [-0.3, -0.25) is 5.01 Å². The van der Waals surface area contributed by atoms with Crippen LogP contribution in [0.4, 0.5) is 5.69 Å². The molecule has 14 heavy (non-hydrogen) atoms. The normalized spacial score (nSPS) is 11.2. The van der Waals surface area contributed by atoms with Crippen LogP contribution >= 0.6 is 0 Å². The molecule has 1 aromatic carbocycles. The number of hydrogen-bond acceptors (Lipinski definition) is 2. The van der Waals surface area contributed by atoms with Gasteiger partial charge in [0.2, 0.25) is 5.96 Å². The molecule has 1 rings (SSSR count). The molecule has 0 aromatic heterocycles. The van der Waals surface area contributed by atoms with Crippen molar-refractivity contribution < 1.29 is 0 Å². The third-order valence-electron chi connectivity index (χ3n) is 1.84. The highest BCUT2D eigenvalue weighted by molar-refractivity contribution is 5.78. The molecule has 0 aliphatic rings. The van der Waals surface area contributed by atoms with Gasteiger partial charge in [-0.25, -0.2) is 0 Å². The van der Waals surface area contributed by atoms with Crippen molar-refractivity contribution in [2.24, 2.45) is 10.8 Å². The van der Waals surface area contributed by atoms with Gasteiger partial charge in [0, 0.05) is 21.1 Å². The van der Waals surface area contributed by atoms with Crippen LogP contribution in [-0.4, -0.2) is 32.0 Å². The van der Waals surface area contributed by atoms with Crippen molar-refractivity contribution >= 4 is 11.6 Å². The maximum absolute atomic E-state index is 5.69. The monoisotopic (exact) mass is 192 g/mol. The second kappa shape index (κ2) is 4.50. The van der Waals surface area contributed by atoms with Crippen molar-refractivity contribution in [3.63, 3.8) is 0 Å². The molecule has 0 spiro atoms. The maximum Gasteiger partial charge on any atom is 0.213 e.